The molecule has 0 spiro atoms. The van der Waals surface area contributed by atoms with E-state index in [1.165, 1.54) is 11.1 Å². The van der Waals surface area contributed by atoms with Gasteiger partial charge in [-0.15, -0.1) is 0 Å². The van der Waals surface area contributed by atoms with E-state index in [0.717, 1.165) is 26.2 Å². The van der Waals surface area contributed by atoms with Gasteiger partial charge in [0.15, 0.2) is 0 Å². The summed E-state index contributed by atoms with van der Waals surface area (Å²) in [5, 5.41) is 3.60. The molecule has 1 saturated heterocycles. The van der Waals surface area contributed by atoms with Gasteiger partial charge in [-0.25, -0.2) is 0 Å². The van der Waals surface area contributed by atoms with Gasteiger partial charge in [-0.05, 0) is 24.5 Å². The van der Waals surface area contributed by atoms with Crippen LogP contribution in [0.3, 0.4) is 0 Å². The van der Waals surface area contributed by atoms with Gasteiger partial charge in [0.1, 0.15) is 0 Å². The Morgan fingerprint density at radius 1 is 1.29 bits per heavy atom. The molecular formula is C15H23NO. The molecule has 0 bridgehead atoms. The third kappa shape index (κ3) is 3.08. The maximum absolute atomic E-state index is 5.27. The molecule has 0 saturated carbocycles. The molecule has 2 rings (SSSR count). The van der Waals surface area contributed by atoms with Crippen LogP contribution in [0, 0.1) is 5.41 Å². The topological polar surface area (TPSA) is 21.3 Å². The second kappa shape index (κ2) is 5.19. The van der Waals surface area contributed by atoms with Crippen LogP contribution in [0.2, 0.25) is 0 Å². The van der Waals surface area contributed by atoms with Crippen LogP contribution >= 0.6 is 0 Å². The lowest BCUT2D eigenvalue weighted by Gasteiger charge is -2.39. The van der Waals surface area contributed by atoms with Crippen molar-refractivity contribution in [3.05, 3.63) is 35.4 Å². The quantitative estimate of drug-likeness (QED) is 0.844. The van der Waals surface area contributed by atoms with E-state index in [-0.39, 0.29) is 0 Å². The van der Waals surface area contributed by atoms with Crippen molar-refractivity contribution in [2.24, 2.45) is 5.41 Å². The van der Waals surface area contributed by atoms with E-state index in [1.54, 1.807) is 0 Å². The Bertz CT molecular complexity index is 354. The molecule has 0 aliphatic carbocycles. The molecule has 1 aromatic rings. The third-order valence-electron chi connectivity index (χ3n) is 3.62. The second-order valence-corrected chi connectivity index (χ2v) is 5.50. The van der Waals surface area contributed by atoms with Crippen molar-refractivity contribution in [2.45, 2.75) is 33.2 Å². The van der Waals surface area contributed by atoms with Gasteiger partial charge in [0.25, 0.3) is 0 Å². The molecule has 94 valence electrons. The minimum atomic E-state index is 0.345. The lowest BCUT2D eigenvalue weighted by molar-refractivity contribution is -0.0999. The van der Waals surface area contributed by atoms with E-state index >= 15 is 0 Å². The zero-order valence-corrected chi connectivity index (χ0v) is 11.1. The highest BCUT2D eigenvalue weighted by Crippen LogP contribution is 2.26. The molecular weight excluding hydrogens is 210 g/mol. The monoisotopic (exact) mass is 233 g/mol. The van der Waals surface area contributed by atoms with E-state index in [4.69, 9.17) is 4.74 Å². The number of nitrogens with one attached hydrogen (secondary N) is 1. The summed E-state index contributed by atoms with van der Waals surface area (Å²) in [6.07, 6.45) is 1.11. The fraction of sp³-hybridized carbons (Fsp3) is 0.600. The number of ether oxygens (including phenoxy) is 1. The molecule has 1 fully saturated rings. The van der Waals surface area contributed by atoms with Crippen molar-refractivity contribution in [1.82, 2.24) is 5.32 Å². The molecule has 0 radical (unpaired) electrons. The lowest BCUT2D eigenvalue weighted by Crippen LogP contribution is -2.47. The molecule has 2 nitrogen and oxygen atoms in total. The fourth-order valence-corrected chi connectivity index (χ4v) is 2.11. The van der Waals surface area contributed by atoms with Crippen LogP contribution in [0.15, 0.2) is 24.3 Å². The van der Waals surface area contributed by atoms with Gasteiger partial charge in [-0.3, -0.25) is 0 Å². The number of rotatable bonds is 5. The predicted molar refractivity (Wildman–Crippen MR) is 71.2 cm³/mol. The Labute approximate surface area is 104 Å². The summed E-state index contributed by atoms with van der Waals surface area (Å²) in [4.78, 5) is 0. The smallest absolute Gasteiger partial charge is 0.0554 e. The minimum Gasteiger partial charge on any atom is -0.380 e. The van der Waals surface area contributed by atoms with Crippen LogP contribution in [-0.4, -0.2) is 19.8 Å². The van der Waals surface area contributed by atoms with E-state index in [0.29, 0.717) is 11.5 Å². The number of hydrogen-bond donors (Lipinski definition) is 1. The minimum absolute atomic E-state index is 0.345. The normalized spacial score (nSPS) is 19.7. The van der Waals surface area contributed by atoms with E-state index in [2.05, 4.69) is 50.4 Å². The van der Waals surface area contributed by atoms with Crippen molar-refractivity contribution in [2.75, 3.05) is 19.8 Å². The lowest BCUT2D eigenvalue weighted by atomic mass is 9.88. The summed E-state index contributed by atoms with van der Waals surface area (Å²) in [6.45, 7) is 9.50. The largest absolute Gasteiger partial charge is 0.380 e. The van der Waals surface area contributed by atoms with Crippen LogP contribution < -0.4 is 5.32 Å². The van der Waals surface area contributed by atoms with Crippen LogP contribution in [0.5, 0.6) is 0 Å². The molecule has 17 heavy (non-hydrogen) atoms. The maximum Gasteiger partial charge on any atom is 0.0554 e. The van der Waals surface area contributed by atoms with Crippen LogP contribution in [0.25, 0.3) is 0 Å². The summed E-state index contributed by atoms with van der Waals surface area (Å²) >= 11 is 0. The highest BCUT2D eigenvalue weighted by Gasteiger charge is 2.33. The summed E-state index contributed by atoms with van der Waals surface area (Å²) < 4.78 is 5.27. The zero-order valence-electron chi connectivity index (χ0n) is 11.1. The van der Waals surface area contributed by atoms with Crippen molar-refractivity contribution >= 4 is 0 Å². The molecule has 1 aliphatic rings. The Hall–Kier alpha value is -0.860. The first-order valence-corrected chi connectivity index (χ1v) is 6.53. The summed E-state index contributed by atoms with van der Waals surface area (Å²) in [5.41, 5.74) is 3.11. The molecule has 0 aromatic heterocycles. The van der Waals surface area contributed by atoms with Crippen molar-refractivity contribution in [3.63, 3.8) is 0 Å². The van der Waals surface area contributed by atoms with Gasteiger partial charge in [0.2, 0.25) is 0 Å². The number of aryl methyl sites for hydroxylation is 1. The summed E-state index contributed by atoms with van der Waals surface area (Å²) in [6, 6.07) is 9.33. The number of hydrogen-bond acceptors (Lipinski definition) is 2. The standard InChI is InChI=1S/C15H23NO/c1-4-13-5-7-14(8-6-13)12(2)16-9-15(3)10-17-11-15/h5-8,12,16H,4,9-11H2,1-3H3. The van der Waals surface area contributed by atoms with E-state index in [1.807, 2.05) is 0 Å². The predicted octanol–water partition coefficient (Wildman–Crippen LogP) is 2.94. The van der Waals surface area contributed by atoms with Gasteiger partial charge in [-0.2, -0.15) is 0 Å². The number of benzene rings is 1. The summed E-state index contributed by atoms with van der Waals surface area (Å²) in [5.74, 6) is 0. The van der Waals surface area contributed by atoms with Gasteiger partial charge < -0.3 is 10.1 Å². The molecule has 1 unspecified atom stereocenters. The first-order valence-electron chi connectivity index (χ1n) is 6.53. The highest BCUT2D eigenvalue weighted by molar-refractivity contribution is 5.24. The van der Waals surface area contributed by atoms with Gasteiger partial charge in [0, 0.05) is 18.0 Å². The zero-order chi connectivity index (χ0) is 12.3. The third-order valence-corrected chi connectivity index (χ3v) is 3.62. The van der Waals surface area contributed by atoms with Crippen LogP contribution in [0.4, 0.5) is 0 Å². The Kier molecular flexibility index (Phi) is 3.85. The van der Waals surface area contributed by atoms with Crippen molar-refractivity contribution in [1.29, 1.82) is 0 Å². The molecule has 0 amide bonds. The average Bonchev–Trinajstić information content (AvgIpc) is 2.33. The van der Waals surface area contributed by atoms with Crippen molar-refractivity contribution in [3.8, 4) is 0 Å². The Balaban J connectivity index is 1.87. The highest BCUT2D eigenvalue weighted by atomic mass is 16.5. The molecule has 1 aliphatic heterocycles. The van der Waals surface area contributed by atoms with E-state index in [9.17, 15) is 0 Å². The molecule has 1 atom stereocenters. The van der Waals surface area contributed by atoms with Gasteiger partial charge in [0.05, 0.1) is 13.2 Å². The molecule has 1 heterocycles. The Morgan fingerprint density at radius 2 is 1.94 bits per heavy atom. The first kappa shape index (κ1) is 12.6. The maximum atomic E-state index is 5.27. The van der Waals surface area contributed by atoms with Crippen LogP contribution in [0.1, 0.15) is 37.9 Å². The first-order chi connectivity index (χ1) is 8.13. The van der Waals surface area contributed by atoms with E-state index < -0.39 is 0 Å². The molecule has 1 N–H and O–H groups in total. The fourth-order valence-electron chi connectivity index (χ4n) is 2.11. The van der Waals surface area contributed by atoms with Gasteiger partial charge in [-0.1, -0.05) is 38.1 Å². The average molecular weight is 233 g/mol. The van der Waals surface area contributed by atoms with Gasteiger partial charge >= 0.3 is 0 Å². The molecule has 1 aromatic carbocycles. The SMILES string of the molecule is CCc1ccc(C(C)NCC2(C)COC2)cc1. The Morgan fingerprint density at radius 3 is 2.41 bits per heavy atom. The van der Waals surface area contributed by atoms with Crippen LogP contribution in [-0.2, 0) is 11.2 Å². The summed E-state index contributed by atoms with van der Waals surface area (Å²) in [7, 11) is 0. The van der Waals surface area contributed by atoms with Crippen molar-refractivity contribution < 1.29 is 4.74 Å². The molecule has 2 heteroatoms. The second-order valence-electron chi connectivity index (χ2n) is 5.50.